The van der Waals surface area contributed by atoms with Gasteiger partial charge in [0.25, 0.3) is 0 Å². The van der Waals surface area contributed by atoms with E-state index in [0.717, 1.165) is 0 Å². The van der Waals surface area contributed by atoms with Crippen molar-refractivity contribution in [2.45, 2.75) is 31.2 Å². The first-order valence-corrected chi connectivity index (χ1v) is 7.21. The molecule has 1 heterocycles. The first kappa shape index (κ1) is 11.9. The number of aryl methyl sites for hydroxylation is 1. The Hall–Kier alpha value is -1.16. The molecule has 1 aliphatic carbocycles. The van der Waals surface area contributed by atoms with Gasteiger partial charge < -0.3 is 0 Å². The summed E-state index contributed by atoms with van der Waals surface area (Å²) in [6, 6.07) is 13.2. The maximum atomic E-state index is 5.85. The molecule has 0 amide bonds. The predicted octanol–water partition coefficient (Wildman–Crippen LogP) is 3.29. The molecular weight excluding hydrogens is 240 g/mol. The zero-order valence-electron chi connectivity index (χ0n) is 10.5. The average molecular weight is 258 g/mol. The lowest BCUT2D eigenvalue weighted by Crippen LogP contribution is -2.36. The molecule has 94 valence electrons. The van der Waals surface area contributed by atoms with E-state index in [0.29, 0.717) is 0 Å². The summed E-state index contributed by atoms with van der Waals surface area (Å²) in [4.78, 5) is 1.37. The van der Waals surface area contributed by atoms with Crippen LogP contribution >= 0.6 is 11.3 Å². The lowest BCUT2D eigenvalue weighted by atomic mass is 9.86. The van der Waals surface area contributed by atoms with Crippen molar-refractivity contribution >= 4 is 11.3 Å². The largest absolute Gasteiger partial charge is 0.271 e. The molecule has 1 aliphatic rings. The lowest BCUT2D eigenvalue weighted by Gasteiger charge is -2.27. The first-order chi connectivity index (χ1) is 8.78. The van der Waals surface area contributed by atoms with Gasteiger partial charge in [-0.1, -0.05) is 30.3 Å². The molecule has 1 unspecified atom stereocenters. The molecule has 0 radical (unpaired) electrons. The van der Waals surface area contributed by atoms with Gasteiger partial charge >= 0.3 is 0 Å². The summed E-state index contributed by atoms with van der Waals surface area (Å²) in [7, 11) is 0. The van der Waals surface area contributed by atoms with Crippen LogP contribution in [0.2, 0.25) is 0 Å². The minimum atomic E-state index is 0.200. The van der Waals surface area contributed by atoms with E-state index in [2.05, 4.69) is 54.1 Å². The van der Waals surface area contributed by atoms with Gasteiger partial charge in [0.05, 0.1) is 6.04 Å². The van der Waals surface area contributed by atoms with Crippen LogP contribution < -0.4 is 11.3 Å². The second-order valence-electron chi connectivity index (χ2n) is 5.09. The number of benzene rings is 1. The van der Waals surface area contributed by atoms with Gasteiger partial charge in [0.2, 0.25) is 0 Å². The number of nitrogens with one attached hydrogen (secondary N) is 1. The molecule has 3 heteroatoms. The fourth-order valence-corrected chi connectivity index (χ4v) is 3.92. The molecule has 0 aliphatic heterocycles. The van der Waals surface area contributed by atoms with Crippen LogP contribution in [-0.2, 0) is 5.41 Å². The van der Waals surface area contributed by atoms with Crippen LogP contribution in [0.25, 0.3) is 0 Å². The molecule has 3 N–H and O–H groups in total. The summed E-state index contributed by atoms with van der Waals surface area (Å²) in [6.07, 6.45) is 2.42. The van der Waals surface area contributed by atoms with Gasteiger partial charge in [0.1, 0.15) is 0 Å². The van der Waals surface area contributed by atoms with E-state index >= 15 is 0 Å². The molecule has 2 aromatic rings. The van der Waals surface area contributed by atoms with Crippen LogP contribution in [-0.4, -0.2) is 0 Å². The Bertz CT molecular complexity index is 528. The Morgan fingerprint density at radius 2 is 1.94 bits per heavy atom. The lowest BCUT2D eigenvalue weighted by molar-refractivity contribution is 0.444. The van der Waals surface area contributed by atoms with Gasteiger partial charge in [-0.3, -0.25) is 11.3 Å². The van der Waals surface area contributed by atoms with E-state index in [1.165, 1.54) is 28.8 Å². The summed E-state index contributed by atoms with van der Waals surface area (Å²) < 4.78 is 0. The Morgan fingerprint density at radius 1 is 1.22 bits per heavy atom. The van der Waals surface area contributed by atoms with E-state index in [9.17, 15) is 0 Å². The second kappa shape index (κ2) is 4.50. The summed E-state index contributed by atoms with van der Waals surface area (Å²) in [6.45, 7) is 2.16. The molecule has 3 rings (SSSR count). The molecule has 2 nitrogen and oxygen atoms in total. The van der Waals surface area contributed by atoms with Crippen molar-refractivity contribution in [1.82, 2.24) is 5.43 Å². The minimum Gasteiger partial charge on any atom is -0.271 e. The maximum Gasteiger partial charge on any atom is 0.0652 e. The van der Waals surface area contributed by atoms with Gasteiger partial charge in [-0.25, -0.2) is 0 Å². The molecule has 1 aromatic heterocycles. The third-order valence-electron chi connectivity index (χ3n) is 4.02. The van der Waals surface area contributed by atoms with Gasteiger partial charge in [-0.2, -0.15) is 0 Å². The Kier molecular flexibility index (Phi) is 2.98. The highest BCUT2D eigenvalue weighted by atomic mass is 32.1. The molecule has 1 saturated carbocycles. The van der Waals surface area contributed by atoms with Crippen molar-refractivity contribution in [1.29, 1.82) is 0 Å². The van der Waals surface area contributed by atoms with Gasteiger partial charge in [0.15, 0.2) is 0 Å². The molecule has 1 atom stereocenters. The Labute approximate surface area is 112 Å². The highest BCUT2D eigenvalue weighted by molar-refractivity contribution is 7.10. The molecule has 1 fully saturated rings. The smallest absolute Gasteiger partial charge is 0.0652 e. The zero-order chi connectivity index (χ0) is 12.6. The van der Waals surface area contributed by atoms with E-state index in [-0.39, 0.29) is 11.5 Å². The summed E-state index contributed by atoms with van der Waals surface area (Å²) in [5.74, 6) is 5.85. The predicted molar refractivity (Wildman–Crippen MR) is 76.5 cm³/mol. The van der Waals surface area contributed by atoms with E-state index in [4.69, 9.17) is 5.84 Å². The highest BCUT2D eigenvalue weighted by Gasteiger charge is 2.51. The molecule has 0 spiro atoms. The van der Waals surface area contributed by atoms with Gasteiger partial charge in [-0.05, 0) is 42.3 Å². The topological polar surface area (TPSA) is 38.0 Å². The third-order valence-corrected chi connectivity index (χ3v) is 5.10. The van der Waals surface area contributed by atoms with Crippen molar-refractivity contribution in [3.05, 3.63) is 57.8 Å². The van der Waals surface area contributed by atoms with Crippen LogP contribution in [0.4, 0.5) is 0 Å². The van der Waals surface area contributed by atoms with Gasteiger partial charge in [0, 0.05) is 10.3 Å². The molecule has 0 saturated heterocycles. The highest BCUT2D eigenvalue weighted by Crippen LogP contribution is 2.57. The Morgan fingerprint density at radius 3 is 2.44 bits per heavy atom. The quantitative estimate of drug-likeness (QED) is 0.652. The van der Waals surface area contributed by atoms with Crippen molar-refractivity contribution in [3.63, 3.8) is 0 Å². The van der Waals surface area contributed by atoms with Crippen molar-refractivity contribution < 1.29 is 0 Å². The SMILES string of the molecule is Cc1ccsc1C(NN)C1(c2ccccc2)CC1. The van der Waals surface area contributed by atoms with E-state index < -0.39 is 0 Å². The number of hydrogen-bond acceptors (Lipinski definition) is 3. The summed E-state index contributed by atoms with van der Waals surface area (Å²) in [5, 5.41) is 2.15. The molecule has 18 heavy (non-hydrogen) atoms. The van der Waals surface area contributed by atoms with Crippen LogP contribution in [0, 0.1) is 6.92 Å². The maximum absolute atomic E-state index is 5.85. The summed E-state index contributed by atoms with van der Waals surface area (Å²) >= 11 is 1.80. The van der Waals surface area contributed by atoms with Crippen molar-refractivity contribution in [2.24, 2.45) is 5.84 Å². The van der Waals surface area contributed by atoms with Crippen LogP contribution in [0.15, 0.2) is 41.8 Å². The number of thiophene rings is 1. The molecule has 1 aromatic carbocycles. The molecule has 0 bridgehead atoms. The van der Waals surface area contributed by atoms with E-state index in [1.54, 1.807) is 11.3 Å². The third kappa shape index (κ3) is 1.79. The van der Waals surface area contributed by atoms with Crippen LogP contribution in [0.3, 0.4) is 0 Å². The average Bonchev–Trinajstić information content (AvgIpc) is 3.10. The Balaban J connectivity index is 2.00. The number of hydrazine groups is 1. The number of rotatable bonds is 4. The minimum absolute atomic E-state index is 0.200. The van der Waals surface area contributed by atoms with Crippen LogP contribution in [0.5, 0.6) is 0 Å². The van der Waals surface area contributed by atoms with Gasteiger partial charge in [-0.15, -0.1) is 11.3 Å². The fraction of sp³-hybridized carbons (Fsp3) is 0.333. The van der Waals surface area contributed by atoms with Crippen molar-refractivity contribution in [3.8, 4) is 0 Å². The monoisotopic (exact) mass is 258 g/mol. The van der Waals surface area contributed by atoms with Crippen LogP contribution in [0.1, 0.15) is 34.9 Å². The number of nitrogens with two attached hydrogens (primary N) is 1. The summed E-state index contributed by atoms with van der Waals surface area (Å²) in [5.41, 5.74) is 6.00. The second-order valence-corrected chi connectivity index (χ2v) is 6.04. The first-order valence-electron chi connectivity index (χ1n) is 6.33. The van der Waals surface area contributed by atoms with Crippen molar-refractivity contribution in [2.75, 3.05) is 0 Å². The normalized spacial score (nSPS) is 18.6. The fourth-order valence-electron chi connectivity index (χ4n) is 2.82. The van der Waals surface area contributed by atoms with E-state index in [1.807, 2.05) is 0 Å². The number of hydrogen-bond donors (Lipinski definition) is 2. The zero-order valence-corrected chi connectivity index (χ0v) is 11.3. The molecular formula is C15H18N2S. The standard InChI is InChI=1S/C15H18N2S/c1-11-7-10-18-13(11)14(17-16)15(8-9-15)12-5-3-2-4-6-12/h2-7,10,14,17H,8-9,16H2,1H3.